The monoisotopic (exact) mass is 398 g/mol. The number of nitrogens with two attached hydrogens (primary N) is 1. The molecule has 0 unspecified atom stereocenters. The molecule has 1 aromatic carbocycles. The van der Waals surface area contributed by atoms with Crippen LogP contribution in [0.15, 0.2) is 30.7 Å². The minimum atomic E-state index is -4.34. The van der Waals surface area contributed by atoms with E-state index in [9.17, 15) is 18.0 Å². The normalized spacial score (nSPS) is 22.4. The van der Waals surface area contributed by atoms with Gasteiger partial charge in [0, 0.05) is 19.0 Å². The van der Waals surface area contributed by atoms with Crippen molar-refractivity contribution in [2.45, 2.75) is 38.7 Å². The fourth-order valence-electron chi connectivity index (χ4n) is 3.52. The molecule has 2 aliphatic rings. The van der Waals surface area contributed by atoms with Gasteiger partial charge in [0.1, 0.15) is 0 Å². The number of benzene rings is 1. The fraction of sp³-hybridized carbons (Fsp3) is 0.550. The first-order chi connectivity index (χ1) is 13.1. The van der Waals surface area contributed by atoms with E-state index in [1.54, 1.807) is 11.8 Å². The highest BCUT2D eigenvalue weighted by molar-refractivity contribution is 5.80. The Morgan fingerprint density at radius 1 is 1.32 bits per heavy atom. The molecule has 0 bridgehead atoms. The molecule has 1 aliphatic heterocycles. The van der Waals surface area contributed by atoms with Crippen LogP contribution in [-0.4, -0.2) is 36.6 Å². The first kappa shape index (κ1) is 20.5. The number of amides is 1. The van der Waals surface area contributed by atoms with Crippen LogP contribution in [0, 0.1) is 18.8 Å². The number of alkyl halides is 3. The summed E-state index contributed by atoms with van der Waals surface area (Å²) in [5, 5.41) is 0. The highest BCUT2D eigenvalue weighted by atomic mass is 19.4. The van der Waals surface area contributed by atoms with Gasteiger partial charge >= 0.3 is 6.18 Å². The molecule has 1 amide bonds. The summed E-state index contributed by atoms with van der Waals surface area (Å²) in [7, 11) is 0. The molecular weight excluding hydrogens is 373 g/mol. The second kappa shape index (κ2) is 8.03. The van der Waals surface area contributed by atoms with Crippen molar-refractivity contribution in [1.29, 1.82) is 0 Å². The Balaban J connectivity index is 1.37. The molecule has 0 atom stereocenters. The molecule has 0 spiro atoms. The standard InChI is InChI=1S/C20H25F3N2O3/c1-12-5-17(20(21,22)23)4-3-15(12)11-28-18-8-25(9-18)19(26)16-6-14(7-16)10-27-13(2)24/h3-5,14,16,18H,2,6-11,24H2,1H3. The molecule has 2 N–H and O–H groups in total. The van der Waals surface area contributed by atoms with Crippen LogP contribution >= 0.6 is 0 Å². The summed E-state index contributed by atoms with van der Waals surface area (Å²) >= 11 is 0. The molecule has 8 heteroatoms. The van der Waals surface area contributed by atoms with Crippen molar-refractivity contribution in [3.63, 3.8) is 0 Å². The highest BCUT2D eigenvalue weighted by Gasteiger charge is 2.41. The lowest BCUT2D eigenvalue weighted by Crippen LogP contribution is -2.57. The fourth-order valence-corrected chi connectivity index (χ4v) is 3.52. The van der Waals surface area contributed by atoms with Crippen LogP contribution in [-0.2, 0) is 27.1 Å². The van der Waals surface area contributed by atoms with Crippen LogP contribution in [0.25, 0.3) is 0 Å². The number of carbonyl (C=O) groups is 1. The second-order valence-electron chi connectivity index (χ2n) is 7.63. The summed E-state index contributed by atoms with van der Waals surface area (Å²) in [6, 6.07) is 3.65. The van der Waals surface area contributed by atoms with E-state index < -0.39 is 11.7 Å². The van der Waals surface area contributed by atoms with E-state index in [-0.39, 0.29) is 30.4 Å². The quantitative estimate of drug-likeness (QED) is 0.717. The van der Waals surface area contributed by atoms with Gasteiger partial charge in [-0.25, -0.2) is 0 Å². The SMILES string of the molecule is C=C(N)OCC1CC(C(=O)N2CC(OCc3ccc(C(F)(F)F)cc3C)C2)C1. The lowest BCUT2D eigenvalue weighted by molar-refractivity contribution is -0.155. The highest BCUT2D eigenvalue weighted by Crippen LogP contribution is 2.36. The summed E-state index contributed by atoms with van der Waals surface area (Å²) in [4.78, 5) is 14.1. The zero-order chi connectivity index (χ0) is 20.5. The maximum absolute atomic E-state index is 12.7. The van der Waals surface area contributed by atoms with E-state index >= 15 is 0 Å². The summed E-state index contributed by atoms with van der Waals surface area (Å²) in [5.74, 6) is 0.692. The third-order valence-electron chi connectivity index (χ3n) is 5.39. The molecular formula is C20H25F3N2O3. The van der Waals surface area contributed by atoms with Crippen molar-refractivity contribution < 1.29 is 27.4 Å². The Kier molecular flexibility index (Phi) is 5.88. The number of nitrogens with zero attached hydrogens (tertiary/aromatic N) is 1. The topological polar surface area (TPSA) is 64.8 Å². The van der Waals surface area contributed by atoms with Gasteiger partial charge < -0.3 is 20.1 Å². The van der Waals surface area contributed by atoms with Crippen molar-refractivity contribution in [1.82, 2.24) is 4.90 Å². The van der Waals surface area contributed by atoms with Crippen LogP contribution in [0.5, 0.6) is 0 Å². The number of aryl methyl sites for hydroxylation is 1. The second-order valence-corrected chi connectivity index (χ2v) is 7.63. The zero-order valence-electron chi connectivity index (χ0n) is 15.8. The van der Waals surface area contributed by atoms with Gasteiger partial charge in [0.25, 0.3) is 0 Å². The smallest absolute Gasteiger partial charge is 0.416 e. The van der Waals surface area contributed by atoms with Crippen molar-refractivity contribution in [3.8, 4) is 0 Å². The van der Waals surface area contributed by atoms with Gasteiger partial charge in [0.2, 0.25) is 5.91 Å². The maximum Gasteiger partial charge on any atom is 0.416 e. The zero-order valence-corrected chi connectivity index (χ0v) is 15.8. The largest absolute Gasteiger partial charge is 0.480 e. The van der Waals surface area contributed by atoms with E-state index in [1.807, 2.05) is 0 Å². The molecule has 5 nitrogen and oxygen atoms in total. The van der Waals surface area contributed by atoms with E-state index in [0.29, 0.717) is 31.2 Å². The number of likely N-dealkylation sites (tertiary alicyclic amines) is 1. The molecule has 1 aromatic rings. The Bertz CT molecular complexity index is 739. The molecule has 1 heterocycles. The molecule has 0 radical (unpaired) electrons. The van der Waals surface area contributed by atoms with Crippen LogP contribution in [0.2, 0.25) is 0 Å². The molecule has 1 aliphatic carbocycles. The van der Waals surface area contributed by atoms with Gasteiger partial charge in [0.05, 0.1) is 24.9 Å². The van der Waals surface area contributed by atoms with Gasteiger partial charge in [-0.3, -0.25) is 4.79 Å². The van der Waals surface area contributed by atoms with Gasteiger partial charge in [-0.2, -0.15) is 13.2 Å². The Morgan fingerprint density at radius 3 is 2.57 bits per heavy atom. The van der Waals surface area contributed by atoms with Crippen molar-refractivity contribution >= 4 is 5.91 Å². The lowest BCUT2D eigenvalue weighted by Gasteiger charge is -2.44. The van der Waals surface area contributed by atoms with Gasteiger partial charge in [-0.15, -0.1) is 0 Å². The Hall–Kier alpha value is -2.22. The summed E-state index contributed by atoms with van der Waals surface area (Å²) in [5.41, 5.74) is 5.97. The molecule has 2 fully saturated rings. The molecule has 1 saturated carbocycles. The third kappa shape index (κ3) is 4.79. The molecule has 0 aromatic heterocycles. The van der Waals surface area contributed by atoms with E-state index in [1.165, 1.54) is 6.07 Å². The van der Waals surface area contributed by atoms with Gasteiger partial charge in [-0.05, 0) is 55.5 Å². The average molecular weight is 398 g/mol. The molecule has 1 saturated heterocycles. The average Bonchev–Trinajstić information content (AvgIpc) is 2.51. The Morgan fingerprint density at radius 2 is 2.00 bits per heavy atom. The summed E-state index contributed by atoms with van der Waals surface area (Å²) in [6.45, 7) is 6.90. The van der Waals surface area contributed by atoms with E-state index in [0.717, 1.165) is 30.5 Å². The minimum Gasteiger partial charge on any atom is -0.480 e. The number of halogens is 3. The van der Waals surface area contributed by atoms with E-state index in [4.69, 9.17) is 15.2 Å². The molecule has 154 valence electrons. The summed E-state index contributed by atoms with van der Waals surface area (Å²) in [6.07, 6.45) is -2.84. The van der Waals surface area contributed by atoms with Gasteiger partial charge in [-0.1, -0.05) is 6.07 Å². The molecule has 3 rings (SSSR count). The number of hydrogen-bond acceptors (Lipinski definition) is 4. The lowest BCUT2D eigenvalue weighted by atomic mass is 9.74. The van der Waals surface area contributed by atoms with Gasteiger partial charge in [0.15, 0.2) is 5.88 Å². The number of ether oxygens (including phenoxy) is 2. The number of carbonyl (C=O) groups excluding carboxylic acids is 1. The van der Waals surface area contributed by atoms with Crippen molar-refractivity contribution in [2.24, 2.45) is 17.6 Å². The Labute approximate surface area is 162 Å². The predicted molar refractivity (Wildman–Crippen MR) is 96.8 cm³/mol. The number of rotatable bonds is 7. The van der Waals surface area contributed by atoms with Crippen LogP contribution in [0.3, 0.4) is 0 Å². The first-order valence-corrected chi connectivity index (χ1v) is 9.27. The predicted octanol–water partition coefficient (Wildman–Crippen LogP) is 3.21. The van der Waals surface area contributed by atoms with Crippen LogP contribution in [0.4, 0.5) is 13.2 Å². The van der Waals surface area contributed by atoms with Crippen molar-refractivity contribution in [3.05, 3.63) is 47.4 Å². The first-order valence-electron chi connectivity index (χ1n) is 9.27. The van der Waals surface area contributed by atoms with Crippen LogP contribution < -0.4 is 5.73 Å². The van der Waals surface area contributed by atoms with Crippen molar-refractivity contribution in [2.75, 3.05) is 19.7 Å². The summed E-state index contributed by atoms with van der Waals surface area (Å²) < 4.78 is 49.1. The maximum atomic E-state index is 12.7. The minimum absolute atomic E-state index is 0.0257. The molecule has 28 heavy (non-hydrogen) atoms. The van der Waals surface area contributed by atoms with E-state index in [2.05, 4.69) is 6.58 Å². The number of hydrogen-bond donors (Lipinski definition) is 1. The third-order valence-corrected chi connectivity index (χ3v) is 5.39. The van der Waals surface area contributed by atoms with Crippen LogP contribution in [0.1, 0.15) is 29.5 Å².